The summed E-state index contributed by atoms with van der Waals surface area (Å²) in [6, 6.07) is 6.76. The number of nitrogens with one attached hydrogen (secondary N) is 1. The Morgan fingerprint density at radius 2 is 2.12 bits per heavy atom. The minimum Gasteiger partial charge on any atom is -0.496 e. The largest absolute Gasteiger partial charge is 0.496 e. The van der Waals surface area contributed by atoms with Crippen molar-refractivity contribution in [3.8, 4) is 5.75 Å². The molecule has 1 aromatic rings. The summed E-state index contributed by atoms with van der Waals surface area (Å²) in [4.78, 5) is 0. The van der Waals surface area contributed by atoms with Gasteiger partial charge in [-0.05, 0) is 26.5 Å². The van der Waals surface area contributed by atoms with E-state index in [0.29, 0.717) is 6.04 Å². The molecule has 0 spiro atoms. The van der Waals surface area contributed by atoms with E-state index in [1.54, 1.807) is 7.11 Å². The van der Waals surface area contributed by atoms with Crippen LogP contribution in [-0.4, -0.2) is 14.2 Å². The van der Waals surface area contributed by atoms with Gasteiger partial charge < -0.3 is 10.1 Å². The topological polar surface area (TPSA) is 21.3 Å². The molecule has 1 aromatic carbocycles. The van der Waals surface area contributed by atoms with Crippen molar-refractivity contribution in [2.75, 3.05) is 14.2 Å². The van der Waals surface area contributed by atoms with Gasteiger partial charge >= 0.3 is 0 Å². The summed E-state index contributed by atoms with van der Waals surface area (Å²) in [6.45, 7) is 4.34. The summed E-state index contributed by atoms with van der Waals surface area (Å²) in [5.74, 6) is 0.987. The first kappa shape index (κ1) is 13.0. The molecule has 0 aromatic heterocycles. The molecule has 0 bridgehead atoms. The standard InChI is InChI=1S/C14H23NO/c1-5-6-7-13(15-3)12-10-11(2)8-9-14(12)16-4/h8-10,13,15H,5-7H2,1-4H3. The van der Waals surface area contributed by atoms with Crippen molar-refractivity contribution in [2.45, 2.75) is 39.2 Å². The van der Waals surface area contributed by atoms with Crippen molar-refractivity contribution in [1.82, 2.24) is 5.32 Å². The zero-order chi connectivity index (χ0) is 12.0. The maximum absolute atomic E-state index is 5.42. The fourth-order valence-electron chi connectivity index (χ4n) is 1.99. The Morgan fingerprint density at radius 1 is 1.38 bits per heavy atom. The van der Waals surface area contributed by atoms with Crippen LogP contribution >= 0.6 is 0 Å². The van der Waals surface area contributed by atoms with Crippen LogP contribution in [0, 0.1) is 6.92 Å². The monoisotopic (exact) mass is 221 g/mol. The van der Waals surface area contributed by atoms with Gasteiger partial charge in [0.2, 0.25) is 0 Å². The van der Waals surface area contributed by atoms with Crippen molar-refractivity contribution in [3.63, 3.8) is 0 Å². The molecular formula is C14H23NO. The molecule has 0 amide bonds. The number of unbranched alkanes of at least 4 members (excludes halogenated alkanes) is 1. The van der Waals surface area contributed by atoms with Gasteiger partial charge in [0.1, 0.15) is 5.75 Å². The van der Waals surface area contributed by atoms with E-state index in [2.05, 4.69) is 37.4 Å². The van der Waals surface area contributed by atoms with Gasteiger partial charge in [0, 0.05) is 11.6 Å². The molecule has 0 radical (unpaired) electrons. The fourth-order valence-corrected chi connectivity index (χ4v) is 1.99. The highest BCUT2D eigenvalue weighted by atomic mass is 16.5. The average Bonchev–Trinajstić information content (AvgIpc) is 2.30. The van der Waals surface area contributed by atoms with Crippen LogP contribution in [0.15, 0.2) is 18.2 Å². The van der Waals surface area contributed by atoms with Crippen LogP contribution in [0.25, 0.3) is 0 Å². The number of ether oxygens (including phenoxy) is 1. The molecule has 1 N–H and O–H groups in total. The highest BCUT2D eigenvalue weighted by Crippen LogP contribution is 2.29. The summed E-state index contributed by atoms with van der Waals surface area (Å²) < 4.78 is 5.42. The molecule has 0 saturated heterocycles. The van der Waals surface area contributed by atoms with Gasteiger partial charge in [-0.3, -0.25) is 0 Å². The van der Waals surface area contributed by atoms with E-state index in [0.717, 1.165) is 12.2 Å². The van der Waals surface area contributed by atoms with Crippen molar-refractivity contribution < 1.29 is 4.74 Å². The quantitative estimate of drug-likeness (QED) is 0.794. The molecule has 90 valence electrons. The van der Waals surface area contributed by atoms with Gasteiger partial charge in [0.05, 0.1) is 7.11 Å². The van der Waals surface area contributed by atoms with Crippen molar-refractivity contribution in [3.05, 3.63) is 29.3 Å². The van der Waals surface area contributed by atoms with Gasteiger partial charge in [0.15, 0.2) is 0 Å². The molecule has 1 rings (SSSR count). The molecule has 0 fully saturated rings. The predicted octanol–water partition coefficient (Wildman–Crippen LogP) is 3.45. The zero-order valence-corrected chi connectivity index (χ0v) is 10.8. The summed E-state index contributed by atoms with van der Waals surface area (Å²) >= 11 is 0. The molecule has 0 saturated carbocycles. The molecule has 0 aliphatic heterocycles. The van der Waals surface area contributed by atoms with E-state index in [4.69, 9.17) is 4.74 Å². The Labute approximate surface area is 99.0 Å². The third-order valence-electron chi connectivity index (χ3n) is 2.96. The molecule has 2 nitrogen and oxygen atoms in total. The zero-order valence-electron chi connectivity index (χ0n) is 10.8. The lowest BCUT2D eigenvalue weighted by atomic mass is 9.98. The Kier molecular flexibility index (Phi) is 5.33. The molecule has 0 heterocycles. The number of hydrogen-bond donors (Lipinski definition) is 1. The van der Waals surface area contributed by atoms with Gasteiger partial charge in [-0.15, -0.1) is 0 Å². The van der Waals surface area contributed by atoms with Crippen molar-refractivity contribution in [2.24, 2.45) is 0 Å². The maximum atomic E-state index is 5.42. The average molecular weight is 221 g/mol. The highest BCUT2D eigenvalue weighted by Gasteiger charge is 2.13. The second-order valence-electron chi connectivity index (χ2n) is 4.23. The summed E-state index contributed by atoms with van der Waals surface area (Å²) in [7, 11) is 3.75. The Morgan fingerprint density at radius 3 is 2.69 bits per heavy atom. The molecule has 1 atom stereocenters. The molecule has 2 heteroatoms. The number of methoxy groups -OCH3 is 1. The smallest absolute Gasteiger partial charge is 0.123 e. The third-order valence-corrected chi connectivity index (χ3v) is 2.96. The van der Waals surface area contributed by atoms with Crippen LogP contribution in [0.2, 0.25) is 0 Å². The van der Waals surface area contributed by atoms with E-state index in [1.165, 1.54) is 24.0 Å². The highest BCUT2D eigenvalue weighted by molar-refractivity contribution is 5.39. The lowest BCUT2D eigenvalue weighted by molar-refractivity contribution is 0.397. The van der Waals surface area contributed by atoms with Gasteiger partial charge in [-0.25, -0.2) is 0 Å². The van der Waals surface area contributed by atoms with Gasteiger partial charge in [-0.1, -0.05) is 37.5 Å². The molecule has 1 unspecified atom stereocenters. The van der Waals surface area contributed by atoms with E-state index >= 15 is 0 Å². The first-order valence-corrected chi connectivity index (χ1v) is 6.04. The number of rotatable bonds is 6. The van der Waals surface area contributed by atoms with E-state index < -0.39 is 0 Å². The molecule has 0 aliphatic carbocycles. The molecular weight excluding hydrogens is 198 g/mol. The predicted molar refractivity (Wildman–Crippen MR) is 69.1 cm³/mol. The number of aryl methyl sites for hydroxylation is 1. The van der Waals surface area contributed by atoms with E-state index in [1.807, 2.05) is 7.05 Å². The number of hydrogen-bond acceptors (Lipinski definition) is 2. The first-order valence-electron chi connectivity index (χ1n) is 6.04. The minimum atomic E-state index is 0.398. The number of benzene rings is 1. The minimum absolute atomic E-state index is 0.398. The summed E-state index contributed by atoms with van der Waals surface area (Å²) in [5.41, 5.74) is 2.56. The lowest BCUT2D eigenvalue weighted by Crippen LogP contribution is -2.17. The third kappa shape index (κ3) is 3.24. The van der Waals surface area contributed by atoms with Crippen molar-refractivity contribution >= 4 is 0 Å². The lowest BCUT2D eigenvalue weighted by Gasteiger charge is -2.19. The summed E-state index contributed by atoms with van der Waals surface area (Å²) in [5, 5.41) is 3.38. The van der Waals surface area contributed by atoms with Crippen LogP contribution in [-0.2, 0) is 0 Å². The van der Waals surface area contributed by atoms with Crippen LogP contribution < -0.4 is 10.1 Å². The van der Waals surface area contributed by atoms with Crippen LogP contribution in [0.1, 0.15) is 43.4 Å². The van der Waals surface area contributed by atoms with Gasteiger partial charge in [-0.2, -0.15) is 0 Å². The normalized spacial score (nSPS) is 12.5. The molecule has 16 heavy (non-hydrogen) atoms. The Hall–Kier alpha value is -1.02. The van der Waals surface area contributed by atoms with E-state index in [-0.39, 0.29) is 0 Å². The first-order chi connectivity index (χ1) is 7.72. The Balaban J connectivity index is 2.92. The second-order valence-corrected chi connectivity index (χ2v) is 4.23. The fraction of sp³-hybridized carbons (Fsp3) is 0.571. The van der Waals surface area contributed by atoms with Gasteiger partial charge in [0.25, 0.3) is 0 Å². The van der Waals surface area contributed by atoms with Crippen molar-refractivity contribution in [1.29, 1.82) is 0 Å². The SMILES string of the molecule is CCCCC(NC)c1cc(C)ccc1OC. The van der Waals surface area contributed by atoms with Crippen LogP contribution in [0.5, 0.6) is 5.75 Å². The summed E-state index contributed by atoms with van der Waals surface area (Å²) in [6.07, 6.45) is 3.63. The van der Waals surface area contributed by atoms with Crippen LogP contribution in [0.3, 0.4) is 0 Å². The van der Waals surface area contributed by atoms with Crippen LogP contribution in [0.4, 0.5) is 0 Å². The van der Waals surface area contributed by atoms with E-state index in [9.17, 15) is 0 Å². The molecule has 0 aliphatic rings. The Bertz CT molecular complexity index is 323. The maximum Gasteiger partial charge on any atom is 0.123 e. The second kappa shape index (κ2) is 6.54.